The molecule has 2 atom stereocenters. The number of fused-ring (bicyclic) bond motifs is 1. The van der Waals surface area contributed by atoms with Crippen molar-refractivity contribution in [1.29, 1.82) is 0 Å². The number of nitrogens with one attached hydrogen (secondary N) is 1. The van der Waals surface area contributed by atoms with Crippen molar-refractivity contribution in [2.45, 2.75) is 51.4 Å². The van der Waals surface area contributed by atoms with E-state index < -0.39 is 5.41 Å². The maximum Gasteiger partial charge on any atom is 0.313 e. The molecular formula is C23H29NO3. The van der Waals surface area contributed by atoms with Crippen LogP contribution in [0, 0.1) is 17.3 Å². The molecule has 1 aliphatic heterocycles. The molecule has 2 aliphatic carbocycles. The van der Waals surface area contributed by atoms with Crippen molar-refractivity contribution >= 4 is 11.9 Å². The number of esters is 1. The van der Waals surface area contributed by atoms with Crippen LogP contribution in [0.4, 0.5) is 0 Å². The number of rotatable bonds is 5. The minimum atomic E-state index is -0.443. The molecule has 0 aromatic heterocycles. The minimum Gasteiger partial charge on any atom is -0.465 e. The molecule has 0 radical (unpaired) electrons. The highest BCUT2D eigenvalue weighted by molar-refractivity contribution is 5.94. The van der Waals surface area contributed by atoms with Crippen molar-refractivity contribution in [3.05, 3.63) is 47.5 Å². The maximum atomic E-state index is 12.4. The lowest BCUT2D eigenvalue weighted by Gasteiger charge is -2.24. The standard InChI is InChI=1S/C23H29NO3/c1-16-11-20-15-27-22(26)23(20,12-16)13-17-7-9-19(10-8-17)21(25)24-14-18-5-3-2-4-6-18/h7-10,18,20H,1-6,11-15H2,(H,24,25). The lowest BCUT2D eigenvalue weighted by molar-refractivity contribution is -0.146. The first-order valence-corrected chi connectivity index (χ1v) is 10.3. The summed E-state index contributed by atoms with van der Waals surface area (Å²) in [5.74, 6) is 0.788. The number of hydrogen-bond acceptors (Lipinski definition) is 3. The Morgan fingerprint density at radius 2 is 1.93 bits per heavy atom. The van der Waals surface area contributed by atoms with Crippen LogP contribution in [0.5, 0.6) is 0 Å². The number of allylic oxidation sites excluding steroid dienone is 1. The highest BCUT2D eigenvalue weighted by Crippen LogP contribution is 2.52. The average molecular weight is 367 g/mol. The van der Waals surface area contributed by atoms with E-state index in [2.05, 4.69) is 11.9 Å². The van der Waals surface area contributed by atoms with E-state index in [1.54, 1.807) is 0 Å². The third-order valence-electron chi connectivity index (χ3n) is 6.72. The summed E-state index contributed by atoms with van der Waals surface area (Å²) in [4.78, 5) is 24.8. The van der Waals surface area contributed by atoms with Crippen LogP contribution in [0.1, 0.15) is 60.9 Å². The number of carbonyl (C=O) groups excluding carboxylic acids is 2. The van der Waals surface area contributed by atoms with Gasteiger partial charge in [0.05, 0.1) is 12.0 Å². The molecule has 2 unspecified atom stereocenters. The van der Waals surface area contributed by atoms with Crippen LogP contribution in [0.2, 0.25) is 0 Å². The monoisotopic (exact) mass is 367 g/mol. The Morgan fingerprint density at radius 3 is 2.67 bits per heavy atom. The first-order chi connectivity index (χ1) is 13.1. The second-order valence-electron chi connectivity index (χ2n) is 8.67. The molecular weight excluding hydrogens is 338 g/mol. The zero-order valence-corrected chi connectivity index (χ0v) is 16.0. The van der Waals surface area contributed by atoms with Crippen molar-refractivity contribution in [3.63, 3.8) is 0 Å². The quantitative estimate of drug-likeness (QED) is 0.631. The summed E-state index contributed by atoms with van der Waals surface area (Å²) < 4.78 is 5.35. The van der Waals surface area contributed by atoms with E-state index in [1.165, 1.54) is 32.1 Å². The van der Waals surface area contributed by atoms with Crippen molar-refractivity contribution in [2.24, 2.45) is 17.3 Å². The van der Waals surface area contributed by atoms with Crippen molar-refractivity contribution in [1.82, 2.24) is 5.32 Å². The van der Waals surface area contributed by atoms with Crippen LogP contribution < -0.4 is 5.32 Å². The maximum absolute atomic E-state index is 12.4. The molecule has 144 valence electrons. The summed E-state index contributed by atoms with van der Waals surface area (Å²) in [6.45, 7) is 5.38. The number of ether oxygens (including phenoxy) is 1. The van der Waals surface area contributed by atoms with Gasteiger partial charge in [-0.05, 0) is 55.7 Å². The molecule has 1 aromatic carbocycles. The number of hydrogen-bond donors (Lipinski definition) is 1. The fourth-order valence-corrected chi connectivity index (χ4v) is 5.13. The highest BCUT2D eigenvalue weighted by atomic mass is 16.5. The molecule has 1 heterocycles. The van der Waals surface area contributed by atoms with Gasteiger partial charge in [-0.25, -0.2) is 0 Å². The van der Waals surface area contributed by atoms with Crippen molar-refractivity contribution in [2.75, 3.05) is 13.2 Å². The van der Waals surface area contributed by atoms with E-state index in [-0.39, 0.29) is 17.8 Å². The third kappa shape index (κ3) is 3.67. The molecule has 2 saturated carbocycles. The van der Waals surface area contributed by atoms with Crippen LogP contribution in [-0.4, -0.2) is 25.0 Å². The molecule has 1 saturated heterocycles. The molecule has 4 nitrogen and oxygen atoms in total. The largest absolute Gasteiger partial charge is 0.465 e. The van der Waals surface area contributed by atoms with Gasteiger partial charge < -0.3 is 10.1 Å². The predicted octanol–water partition coefficient (Wildman–Crippen LogP) is 4.05. The molecule has 27 heavy (non-hydrogen) atoms. The van der Waals surface area contributed by atoms with Crippen LogP contribution in [0.25, 0.3) is 0 Å². The summed E-state index contributed by atoms with van der Waals surface area (Å²) >= 11 is 0. The normalized spacial score (nSPS) is 28.1. The van der Waals surface area contributed by atoms with E-state index in [9.17, 15) is 9.59 Å². The average Bonchev–Trinajstić information content (AvgIpc) is 3.15. The second kappa shape index (κ2) is 7.49. The lowest BCUT2D eigenvalue weighted by Crippen LogP contribution is -2.31. The fraction of sp³-hybridized carbons (Fsp3) is 0.565. The fourth-order valence-electron chi connectivity index (χ4n) is 5.13. The summed E-state index contributed by atoms with van der Waals surface area (Å²) in [5, 5.41) is 3.09. The summed E-state index contributed by atoms with van der Waals surface area (Å²) in [7, 11) is 0. The Labute approximate surface area is 161 Å². The number of cyclic esters (lactones) is 1. The van der Waals surface area contributed by atoms with Gasteiger partial charge in [-0.3, -0.25) is 9.59 Å². The molecule has 4 rings (SSSR count). The molecule has 0 bridgehead atoms. The first-order valence-electron chi connectivity index (χ1n) is 10.3. The van der Waals surface area contributed by atoms with E-state index >= 15 is 0 Å². The third-order valence-corrected chi connectivity index (χ3v) is 6.72. The van der Waals surface area contributed by atoms with Gasteiger partial charge in [0.2, 0.25) is 0 Å². The van der Waals surface area contributed by atoms with Gasteiger partial charge in [-0.15, -0.1) is 0 Å². The smallest absolute Gasteiger partial charge is 0.313 e. The van der Waals surface area contributed by atoms with E-state index in [0.29, 0.717) is 24.5 Å². The predicted molar refractivity (Wildman–Crippen MR) is 104 cm³/mol. The number of carbonyl (C=O) groups is 2. The van der Waals surface area contributed by atoms with Gasteiger partial charge in [0.15, 0.2) is 0 Å². The summed E-state index contributed by atoms with van der Waals surface area (Å²) in [6, 6.07) is 7.71. The molecule has 3 aliphatic rings. The van der Waals surface area contributed by atoms with Crippen LogP contribution in [-0.2, 0) is 16.0 Å². The molecule has 4 heteroatoms. The number of amides is 1. The van der Waals surface area contributed by atoms with Gasteiger partial charge in [-0.2, -0.15) is 0 Å². The Morgan fingerprint density at radius 1 is 1.19 bits per heavy atom. The SMILES string of the molecule is C=C1CC2COC(=O)C2(Cc2ccc(C(=O)NCC3CCCCC3)cc2)C1. The molecule has 1 aromatic rings. The lowest BCUT2D eigenvalue weighted by atomic mass is 9.75. The first kappa shape index (κ1) is 18.3. The van der Waals surface area contributed by atoms with Gasteiger partial charge in [0, 0.05) is 18.0 Å². The van der Waals surface area contributed by atoms with Gasteiger partial charge in [0.25, 0.3) is 5.91 Å². The highest BCUT2D eigenvalue weighted by Gasteiger charge is 2.55. The van der Waals surface area contributed by atoms with Gasteiger partial charge >= 0.3 is 5.97 Å². The Kier molecular flexibility index (Phi) is 5.07. The van der Waals surface area contributed by atoms with Crippen molar-refractivity contribution < 1.29 is 14.3 Å². The molecule has 0 spiro atoms. The molecule has 1 N–H and O–H groups in total. The van der Waals surface area contributed by atoms with Crippen LogP contribution in [0.3, 0.4) is 0 Å². The van der Waals surface area contributed by atoms with Gasteiger partial charge in [0.1, 0.15) is 0 Å². The Balaban J connectivity index is 1.38. The summed E-state index contributed by atoms with van der Waals surface area (Å²) in [6.07, 6.45) is 8.62. The molecule has 1 amide bonds. The van der Waals surface area contributed by atoms with Gasteiger partial charge in [-0.1, -0.05) is 43.5 Å². The summed E-state index contributed by atoms with van der Waals surface area (Å²) in [5.41, 5.74) is 2.48. The topological polar surface area (TPSA) is 55.4 Å². The Hall–Kier alpha value is -2.10. The van der Waals surface area contributed by atoms with E-state index in [0.717, 1.165) is 30.5 Å². The number of benzene rings is 1. The molecule has 3 fully saturated rings. The second-order valence-corrected chi connectivity index (χ2v) is 8.67. The Bertz CT molecular complexity index is 732. The minimum absolute atomic E-state index is 0.00214. The van der Waals surface area contributed by atoms with Crippen LogP contribution in [0.15, 0.2) is 36.4 Å². The van der Waals surface area contributed by atoms with Crippen LogP contribution >= 0.6 is 0 Å². The van der Waals surface area contributed by atoms with E-state index in [4.69, 9.17) is 4.74 Å². The van der Waals surface area contributed by atoms with E-state index in [1.807, 2.05) is 24.3 Å². The zero-order valence-electron chi connectivity index (χ0n) is 16.0. The van der Waals surface area contributed by atoms with Crippen molar-refractivity contribution in [3.8, 4) is 0 Å². The zero-order chi connectivity index (χ0) is 18.9.